The lowest BCUT2D eigenvalue weighted by Crippen LogP contribution is -2.35. The normalized spacial score (nSPS) is 21.7. The molecule has 0 aliphatic carbocycles. The molecule has 0 spiro atoms. The third kappa shape index (κ3) is 3.08. The van der Waals surface area contributed by atoms with Crippen molar-refractivity contribution < 1.29 is 0 Å². The Morgan fingerprint density at radius 3 is 2.83 bits per heavy atom. The van der Waals surface area contributed by atoms with Gasteiger partial charge in [-0.2, -0.15) is 11.8 Å². The van der Waals surface area contributed by atoms with Crippen LogP contribution in [0, 0.1) is 18.3 Å². The van der Waals surface area contributed by atoms with Gasteiger partial charge < -0.3 is 5.32 Å². The zero-order valence-electron chi connectivity index (χ0n) is 7.68. The Morgan fingerprint density at radius 1 is 1.58 bits per heavy atom. The van der Waals surface area contributed by atoms with Gasteiger partial charge in [0.15, 0.2) is 0 Å². The van der Waals surface area contributed by atoms with Crippen LogP contribution < -0.4 is 5.32 Å². The van der Waals surface area contributed by atoms with E-state index in [4.69, 9.17) is 6.42 Å². The van der Waals surface area contributed by atoms with Gasteiger partial charge in [0.2, 0.25) is 0 Å². The average molecular weight is 183 g/mol. The van der Waals surface area contributed by atoms with E-state index in [1.165, 1.54) is 24.3 Å². The van der Waals surface area contributed by atoms with Crippen molar-refractivity contribution >= 4 is 11.8 Å². The molecule has 1 aliphatic heterocycles. The SMILES string of the molecule is C#CCNC(C)C1CCSCC1. The lowest BCUT2D eigenvalue weighted by molar-refractivity contribution is 0.365. The molecule has 2 heteroatoms. The van der Waals surface area contributed by atoms with Gasteiger partial charge >= 0.3 is 0 Å². The Labute approximate surface area is 79.7 Å². The van der Waals surface area contributed by atoms with E-state index in [2.05, 4.69) is 29.9 Å². The van der Waals surface area contributed by atoms with Crippen LogP contribution in [-0.4, -0.2) is 24.1 Å². The Bertz CT molecular complexity index is 156. The summed E-state index contributed by atoms with van der Waals surface area (Å²) in [6.45, 7) is 2.96. The van der Waals surface area contributed by atoms with E-state index in [1.54, 1.807) is 0 Å². The smallest absolute Gasteiger partial charge is 0.0575 e. The molecule has 0 aromatic carbocycles. The second-order valence-electron chi connectivity index (χ2n) is 3.32. The molecule has 0 aromatic heterocycles. The van der Waals surface area contributed by atoms with Gasteiger partial charge in [-0.05, 0) is 37.2 Å². The second-order valence-corrected chi connectivity index (χ2v) is 4.55. The first kappa shape index (κ1) is 9.95. The average Bonchev–Trinajstić information content (AvgIpc) is 2.15. The summed E-state index contributed by atoms with van der Waals surface area (Å²) in [6, 6.07) is 0.599. The third-order valence-corrected chi connectivity index (χ3v) is 3.55. The number of nitrogens with one attached hydrogen (secondary N) is 1. The molecule has 0 aromatic rings. The number of hydrogen-bond donors (Lipinski definition) is 1. The standard InChI is InChI=1S/C10H17NS/c1-3-6-11-9(2)10-4-7-12-8-5-10/h1,9-11H,4-8H2,2H3. The lowest BCUT2D eigenvalue weighted by Gasteiger charge is -2.27. The fourth-order valence-corrected chi connectivity index (χ4v) is 2.75. The van der Waals surface area contributed by atoms with Crippen molar-refractivity contribution in [3.63, 3.8) is 0 Å². The van der Waals surface area contributed by atoms with Crippen LogP contribution in [-0.2, 0) is 0 Å². The summed E-state index contributed by atoms with van der Waals surface area (Å²) in [5.41, 5.74) is 0. The van der Waals surface area contributed by atoms with Crippen molar-refractivity contribution in [3.05, 3.63) is 0 Å². The maximum atomic E-state index is 5.19. The van der Waals surface area contributed by atoms with Gasteiger partial charge in [0.1, 0.15) is 0 Å². The highest BCUT2D eigenvalue weighted by molar-refractivity contribution is 7.99. The molecule has 0 saturated carbocycles. The predicted molar refractivity (Wildman–Crippen MR) is 56.3 cm³/mol. The van der Waals surface area contributed by atoms with Crippen LogP contribution in [0.2, 0.25) is 0 Å². The highest BCUT2D eigenvalue weighted by atomic mass is 32.2. The maximum Gasteiger partial charge on any atom is 0.0575 e. The molecular formula is C10H17NS. The van der Waals surface area contributed by atoms with E-state index in [9.17, 15) is 0 Å². The summed E-state index contributed by atoms with van der Waals surface area (Å²) in [5.74, 6) is 6.12. The highest BCUT2D eigenvalue weighted by Crippen LogP contribution is 2.24. The Kier molecular flexibility index (Phi) is 4.57. The number of rotatable bonds is 3. The second kappa shape index (κ2) is 5.50. The fourth-order valence-electron chi connectivity index (χ4n) is 1.60. The summed E-state index contributed by atoms with van der Waals surface area (Å²) in [5, 5.41) is 3.36. The molecule has 1 unspecified atom stereocenters. The summed E-state index contributed by atoms with van der Waals surface area (Å²) in [7, 11) is 0. The molecule has 1 heterocycles. The molecule has 1 atom stereocenters. The van der Waals surface area contributed by atoms with Gasteiger partial charge in [-0.3, -0.25) is 0 Å². The van der Waals surface area contributed by atoms with Crippen LogP contribution >= 0.6 is 11.8 Å². The van der Waals surface area contributed by atoms with Crippen molar-refractivity contribution in [2.75, 3.05) is 18.1 Å². The first-order valence-electron chi connectivity index (χ1n) is 4.59. The van der Waals surface area contributed by atoms with Crippen molar-refractivity contribution in [2.45, 2.75) is 25.8 Å². The minimum Gasteiger partial charge on any atom is -0.303 e. The highest BCUT2D eigenvalue weighted by Gasteiger charge is 2.18. The Hall–Kier alpha value is -0.130. The fraction of sp³-hybridized carbons (Fsp3) is 0.800. The largest absolute Gasteiger partial charge is 0.303 e. The molecular weight excluding hydrogens is 166 g/mol. The van der Waals surface area contributed by atoms with Gasteiger partial charge in [-0.15, -0.1) is 6.42 Å². The number of hydrogen-bond acceptors (Lipinski definition) is 2. The molecule has 12 heavy (non-hydrogen) atoms. The van der Waals surface area contributed by atoms with E-state index < -0.39 is 0 Å². The maximum absolute atomic E-state index is 5.19. The van der Waals surface area contributed by atoms with Crippen LogP contribution in [0.1, 0.15) is 19.8 Å². The van der Waals surface area contributed by atoms with E-state index >= 15 is 0 Å². The minimum absolute atomic E-state index is 0.599. The van der Waals surface area contributed by atoms with Crippen LogP contribution in [0.25, 0.3) is 0 Å². The molecule has 1 aliphatic rings. The van der Waals surface area contributed by atoms with Gasteiger partial charge in [-0.1, -0.05) is 5.92 Å². The summed E-state index contributed by atoms with van der Waals surface area (Å²) in [6.07, 6.45) is 7.89. The van der Waals surface area contributed by atoms with Crippen LogP contribution in [0.4, 0.5) is 0 Å². The first-order valence-corrected chi connectivity index (χ1v) is 5.74. The monoisotopic (exact) mass is 183 g/mol. The molecule has 0 amide bonds. The van der Waals surface area contributed by atoms with Gasteiger partial charge in [0.25, 0.3) is 0 Å². The summed E-state index contributed by atoms with van der Waals surface area (Å²) >= 11 is 2.07. The zero-order valence-corrected chi connectivity index (χ0v) is 8.49. The minimum atomic E-state index is 0.599. The predicted octanol–water partition coefficient (Wildman–Crippen LogP) is 1.74. The number of terminal acetylenes is 1. The summed E-state index contributed by atoms with van der Waals surface area (Å²) < 4.78 is 0. The first-order chi connectivity index (χ1) is 5.84. The molecule has 1 saturated heterocycles. The van der Waals surface area contributed by atoms with E-state index in [0.717, 1.165) is 5.92 Å². The number of thioether (sulfide) groups is 1. The van der Waals surface area contributed by atoms with Gasteiger partial charge in [-0.25, -0.2) is 0 Å². The molecule has 1 nitrogen and oxygen atoms in total. The van der Waals surface area contributed by atoms with Crippen molar-refractivity contribution in [1.82, 2.24) is 5.32 Å². The van der Waals surface area contributed by atoms with Crippen LogP contribution in [0.3, 0.4) is 0 Å². The molecule has 1 rings (SSSR count). The third-order valence-electron chi connectivity index (χ3n) is 2.50. The molecule has 0 bridgehead atoms. The van der Waals surface area contributed by atoms with Crippen molar-refractivity contribution in [1.29, 1.82) is 0 Å². The molecule has 68 valence electrons. The zero-order chi connectivity index (χ0) is 8.81. The van der Waals surface area contributed by atoms with E-state index in [0.29, 0.717) is 12.6 Å². The van der Waals surface area contributed by atoms with Crippen LogP contribution in [0.15, 0.2) is 0 Å². The van der Waals surface area contributed by atoms with Gasteiger partial charge in [0, 0.05) is 6.04 Å². The van der Waals surface area contributed by atoms with E-state index in [-0.39, 0.29) is 0 Å². The Morgan fingerprint density at radius 2 is 2.25 bits per heavy atom. The van der Waals surface area contributed by atoms with Crippen LogP contribution in [0.5, 0.6) is 0 Å². The molecule has 1 N–H and O–H groups in total. The van der Waals surface area contributed by atoms with Crippen molar-refractivity contribution in [3.8, 4) is 12.3 Å². The topological polar surface area (TPSA) is 12.0 Å². The quantitative estimate of drug-likeness (QED) is 0.669. The Balaban J connectivity index is 2.21. The van der Waals surface area contributed by atoms with Gasteiger partial charge in [0.05, 0.1) is 6.54 Å². The van der Waals surface area contributed by atoms with Crippen molar-refractivity contribution in [2.24, 2.45) is 5.92 Å². The lowest BCUT2D eigenvalue weighted by atomic mass is 9.95. The van der Waals surface area contributed by atoms with E-state index in [1.807, 2.05) is 0 Å². The summed E-state index contributed by atoms with van der Waals surface area (Å²) in [4.78, 5) is 0. The molecule has 1 fully saturated rings. The molecule has 0 radical (unpaired) electrons.